The molecule has 1 atom stereocenters. The van der Waals surface area contributed by atoms with Crippen LogP contribution < -0.4 is 16.0 Å². The lowest BCUT2D eigenvalue weighted by Crippen LogP contribution is -2.33. The molecule has 2 N–H and O–H groups in total. The number of hydrogen-bond donors (Lipinski definition) is 1. The van der Waals surface area contributed by atoms with Crippen LogP contribution >= 0.6 is 0 Å². The highest BCUT2D eigenvalue weighted by Gasteiger charge is 2.25. The summed E-state index contributed by atoms with van der Waals surface area (Å²) in [5.74, 6) is -0.399. The average Bonchev–Trinajstić information content (AvgIpc) is 3.34. The van der Waals surface area contributed by atoms with Crippen molar-refractivity contribution in [2.45, 2.75) is 32.4 Å². The third kappa shape index (κ3) is 3.05. The molecular weight excluding hydrogens is 316 g/mol. The topological polar surface area (TPSA) is 130 Å². The summed E-state index contributed by atoms with van der Waals surface area (Å²) in [4.78, 5) is 38.3. The molecule has 1 aliphatic rings. The van der Waals surface area contributed by atoms with Gasteiger partial charge in [0.15, 0.2) is 11.9 Å². The first kappa shape index (κ1) is 15.9. The Morgan fingerprint density at radius 1 is 1.54 bits per heavy atom. The summed E-state index contributed by atoms with van der Waals surface area (Å²) >= 11 is 0. The van der Waals surface area contributed by atoms with Crippen LogP contribution in [0.4, 0.5) is 5.69 Å². The number of carbonyl (C=O) groups is 1. The Morgan fingerprint density at radius 3 is 2.83 bits per heavy atom. The number of pyridine rings is 2. The van der Waals surface area contributed by atoms with Crippen molar-refractivity contribution in [3.63, 3.8) is 0 Å². The van der Waals surface area contributed by atoms with Crippen molar-refractivity contribution in [1.29, 1.82) is 0 Å². The fraction of sp³-hybridized carbons (Fsp3) is 0.400. The SMILES string of the molecule is CC(Oc1cc2cc([N+](=O)[O-])cnc2n(CC2CC2)c1=O)C(N)=O. The molecule has 0 spiro atoms. The predicted molar refractivity (Wildman–Crippen MR) is 84.7 cm³/mol. The van der Waals surface area contributed by atoms with E-state index in [-0.39, 0.29) is 11.4 Å². The Morgan fingerprint density at radius 2 is 2.25 bits per heavy atom. The number of primary amides is 1. The number of rotatable bonds is 6. The van der Waals surface area contributed by atoms with Crippen molar-refractivity contribution >= 4 is 22.6 Å². The van der Waals surface area contributed by atoms with E-state index in [4.69, 9.17) is 10.5 Å². The third-order valence-electron chi connectivity index (χ3n) is 3.93. The van der Waals surface area contributed by atoms with E-state index in [1.807, 2.05) is 0 Å². The van der Waals surface area contributed by atoms with Gasteiger partial charge >= 0.3 is 0 Å². The first-order chi connectivity index (χ1) is 11.4. The number of ether oxygens (including phenoxy) is 1. The number of nitro groups is 1. The Balaban J connectivity index is 2.15. The van der Waals surface area contributed by atoms with Crippen molar-refractivity contribution in [1.82, 2.24) is 9.55 Å². The molecule has 2 aromatic heterocycles. The number of hydrogen-bond acceptors (Lipinski definition) is 6. The standard InChI is InChI=1S/C15H16N4O5/c1-8(13(16)20)24-12-5-10-4-11(19(22)23)6-17-14(10)18(15(12)21)7-9-2-3-9/h4-6,8-9H,2-3,7H2,1H3,(H2,16,20). The monoisotopic (exact) mass is 332 g/mol. The Bertz CT molecular complexity index is 887. The average molecular weight is 332 g/mol. The van der Waals surface area contributed by atoms with Gasteiger partial charge in [-0.05, 0) is 31.7 Å². The zero-order valence-electron chi connectivity index (χ0n) is 13.0. The summed E-state index contributed by atoms with van der Waals surface area (Å²) < 4.78 is 6.80. The Labute approximate surface area is 136 Å². The van der Waals surface area contributed by atoms with Crippen LogP contribution in [0.3, 0.4) is 0 Å². The lowest BCUT2D eigenvalue weighted by atomic mass is 10.2. The van der Waals surface area contributed by atoms with E-state index in [1.165, 1.54) is 23.6 Å². The van der Waals surface area contributed by atoms with Crippen LogP contribution in [0.2, 0.25) is 0 Å². The minimum absolute atomic E-state index is 0.0725. The van der Waals surface area contributed by atoms with Gasteiger partial charge in [-0.15, -0.1) is 0 Å². The molecule has 24 heavy (non-hydrogen) atoms. The molecule has 9 nitrogen and oxygen atoms in total. The molecule has 1 aliphatic carbocycles. The number of nitrogens with two attached hydrogens (primary N) is 1. The van der Waals surface area contributed by atoms with Crippen molar-refractivity contribution in [2.75, 3.05) is 0 Å². The lowest BCUT2D eigenvalue weighted by molar-refractivity contribution is -0.385. The first-order valence-corrected chi connectivity index (χ1v) is 7.50. The molecule has 0 radical (unpaired) electrons. The second-order valence-corrected chi connectivity index (χ2v) is 5.89. The molecule has 2 aromatic rings. The molecule has 0 aliphatic heterocycles. The summed E-state index contributed by atoms with van der Waals surface area (Å²) in [7, 11) is 0. The summed E-state index contributed by atoms with van der Waals surface area (Å²) in [5, 5.41) is 11.3. The van der Waals surface area contributed by atoms with Gasteiger partial charge in [0, 0.05) is 18.0 Å². The van der Waals surface area contributed by atoms with E-state index in [2.05, 4.69) is 4.98 Å². The zero-order chi connectivity index (χ0) is 17.4. The molecule has 1 fully saturated rings. The lowest BCUT2D eigenvalue weighted by Gasteiger charge is -2.14. The number of amides is 1. The second kappa shape index (κ2) is 5.91. The van der Waals surface area contributed by atoms with Crippen molar-refractivity contribution in [2.24, 2.45) is 11.7 Å². The third-order valence-corrected chi connectivity index (χ3v) is 3.93. The number of aromatic nitrogens is 2. The van der Waals surface area contributed by atoms with Crippen LogP contribution in [0.1, 0.15) is 19.8 Å². The molecule has 1 amide bonds. The van der Waals surface area contributed by atoms with Crippen molar-refractivity contribution in [3.05, 3.63) is 38.8 Å². The largest absolute Gasteiger partial charge is 0.475 e. The van der Waals surface area contributed by atoms with Gasteiger partial charge in [0.05, 0.1) is 4.92 Å². The molecule has 126 valence electrons. The molecule has 9 heteroatoms. The Kier molecular flexibility index (Phi) is 3.92. The minimum Gasteiger partial charge on any atom is -0.475 e. The highest BCUT2D eigenvalue weighted by molar-refractivity contribution is 5.80. The van der Waals surface area contributed by atoms with Gasteiger partial charge in [-0.3, -0.25) is 24.3 Å². The fourth-order valence-electron chi connectivity index (χ4n) is 2.39. The van der Waals surface area contributed by atoms with E-state index in [1.54, 1.807) is 0 Å². The van der Waals surface area contributed by atoms with E-state index in [0.29, 0.717) is 23.5 Å². The van der Waals surface area contributed by atoms with Crippen molar-refractivity contribution in [3.8, 4) is 5.75 Å². The van der Waals surface area contributed by atoms with Crippen LogP contribution in [0, 0.1) is 16.0 Å². The van der Waals surface area contributed by atoms with Gasteiger partial charge in [-0.25, -0.2) is 4.98 Å². The molecule has 1 saturated carbocycles. The van der Waals surface area contributed by atoms with Crippen LogP contribution in [0.5, 0.6) is 5.75 Å². The van der Waals surface area contributed by atoms with Crippen LogP contribution in [-0.2, 0) is 11.3 Å². The quantitative estimate of drug-likeness (QED) is 0.619. The predicted octanol–water partition coefficient (Wildman–Crippen LogP) is 0.967. The van der Waals surface area contributed by atoms with E-state index >= 15 is 0 Å². The van der Waals surface area contributed by atoms with Gasteiger partial charge in [0.1, 0.15) is 11.8 Å². The molecule has 2 heterocycles. The van der Waals surface area contributed by atoms with Gasteiger partial charge in [-0.2, -0.15) is 0 Å². The van der Waals surface area contributed by atoms with Crippen molar-refractivity contribution < 1.29 is 14.5 Å². The maximum Gasteiger partial charge on any atom is 0.294 e. The van der Waals surface area contributed by atoms with E-state index in [9.17, 15) is 19.7 Å². The second-order valence-electron chi connectivity index (χ2n) is 5.89. The number of carbonyl (C=O) groups excluding carboxylic acids is 1. The van der Waals surface area contributed by atoms with E-state index in [0.717, 1.165) is 19.0 Å². The summed E-state index contributed by atoms with van der Waals surface area (Å²) in [5.41, 5.74) is 4.91. The molecular formula is C15H16N4O5. The summed E-state index contributed by atoms with van der Waals surface area (Å²) in [6.45, 7) is 1.89. The van der Waals surface area contributed by atoms with Gasteiger partial charge < -0.3 is 10.5 Å². The fourth-order valence-corrected chi connectivity index (χ4v) is 2.39. The molecule has 3 rings (SSSR count). The van der Waals surface area contributed by atoms with Crippen LogP contribution in [0.25, 0.3) is 11.0 Å². The molecule has 0 saturated heterocycles. The number of fused-ring (bicyclic) bond motifs is 1. The van der Waals surface area contributed by atoms with Crippen LogP contribution in [0.15, 0.2) is 23.1 Å². The highest BCUT2D eigenvalue weighted by Crippen LogP contribution is 2.31. The minimum atomic E-state index is -0.990. The first-order valence-electron chi connectivity index (χ1n) is 7.50. The summed E-state index contributed by atoms with van der Waals surface area (Å²) in [6.07, 6.45) is 2.17. The molecule has 0 aromatic carbocycles. The summed E-state index contributed by atoms with van der Waals surface area (Å²) in [6, 6.07) is 2.69. The molecule has 1 unspecified atom stereocenters. The van der Waals surface area contributed by atoms with Gasteiger partial charge in [0.25, 0.3) is 17.2 Å². The van der Waals surface area contributed by atoms with Gasteiger partial charge in [-0.1, -0.05) is 0 Å². The van der Waals surface area contributed by atoms with E-state index < -0.39 is 22.5 Å². The zero-order valence-corrected chi connectivity index (χ0v) is 13.0. The van der Waals surface area contributed by atoms with Gasteiger partial charge in [0.2, 0.25) is 0 Å². The van der Waals surface area contributed by atoms with Crippen LogP contribution in [-0.4, -0.2) is 26.5 Å². The smallest absolute Gasteiger partial charge is 0.294 e. The number of nitrogens with zero attached hydrogens (tertiary/aromatic N) is 3. The Hall–Kier alpha value is -2.97. The highest BCUT2D eigenvalue weighted by atomic mass is 16.6. The maximum absolute atomic E-state index is 12.6. The maximum atomic E-state index is 12.6. The normalized spacial score (nSPS) is 15.2. The molecule has 0 bridgehead atoms.